The van der Waals surface area contributed by atoms with Crippen LogP contribution in [0.5, 0.6) is 0 Å². The van der Waals surface area contributed by atoms with E-state index in [1.165, 1.54) is 76.3 Å². The van der Waals surface area contributed by atoms with Crippen LogP contribution in [0.3, 0.4) is 0 Å². The Labute approximate surface area is 157 Å². The van der Waals surface area contributed by atoms with Gasteiger partial charge in [0.2, 0.25) is 0 Å². The first kappa shape index (κ1) is 20.8. The highest BCUT2D eigenvalue weighted by molar-refractivity contribution is 7.85. The van der Waals surface area contributed by atoms with Gasteiger partial charge < -0.3 is 0 Å². The molecule has 5 nitrogen and oxygen atoms in total. The Morgan fingerprint density at radius 2 is 1.27 bits per heavy atom. The zero-order valence-electron chi connectivity index (χ0n) is 15.6. The van der Waals surface area contributed by atoms with Gasteiger partial charge in [-0.1, -0.05) is 56.2 Å². The molecule has 0 radical (unpaired) electrons. The van der Waals surface area contributed by atoms with Crippen LogP contribution in [0.15, 0.2) is 39.1 Å². The maximum Gasteiger partial charge on any atom is 0.294 e. The normalized spacial score (nSPS) is 19.0. The summed E-state index contributed by atoms with van der Waals surface area (Å²) in [5.74, 6) is 0. The molecule has 2 aliphatic carbocycles. The Bertz CT molecular complexity index is 673. The predicted octanol–water partition coefficient (Wildman–Crippen LogP) is 5.07. The Morgan fingerprint density at radius 3 is 1.65 bits per heavy atom. The van der Waals surface area contributed by atoms with E-state index >= 15 is 0 Å². The highest BCUT2D eigenvalue weighted by atomic mass is 32.2. The van der Waals surface area contributed by atoms with Gasteiger partial charge in [0, 0.05) is 0 Å². The molecule has 0 aromatic heterocycles. The molecular formula is C20H30N2O3S. The van der Waals surface area contributed by atoms with Gasteiger partial charge in [-0.3, -0.25) is 4.55 Å². The molecule has 1 aromatic rings. The average Bonchev–Trinajstić information content (AvgIpc) is 2.64. The molecule has 0 spiro atoms. The molecule has 3 rings (SSSR count). The second-order valence-corrected chi connectivity index (χ2v) is 8.65. The number of aryl methyl sites for hydroxylation is 1. The van der Waals surface area contributed by atoms with Gasteiger partial charge in [0.25, 0.3) is 10.1 Å². The summed E-state index contributed by atoms with van der Waals surface area (Å²) in [4.78, 5) is 8.85. The molecule has 0 atom stereocenters. The van der Waals surface area contributed by atoms with E-state index < -0.39 is 10.1 Å². The molecule has 0 unspecified atom stereocenters. The van der Waals surface area contributed by atoms with Crippen molar-refractivity contribution >= 4 is 16.1 Å². The maximum atomic E-state index is 10.5. The molecule has 26 heavy (non-hydrogen) atoms. The van der Waals surface area contributed by atoms with E-state index in [9.17, 15) is 8.42 Å². The van der Waals surface area contributed by atoms with E-state index in [0.29, 0.717) is 12.1 Å². The summed E-state index contributed by atoms with van der Waals surface area (Å²) in [5, 5.41) is 0. The van der Waals surface area contributed by atoms with Crippen molar-refractivity contribution in [1.29, 1.82) is 0 Å². The van der Waals surface area contributed by atoms with Gasteiger partial charge >= 0.3 is 0 Å². The number of nitrogens with zero attached hydrogens (tertiary/aromatic N) is 2. The number of benzene rings is 1. The zero-order valence-corrected chi connectivity index (χ0v) is 16.4. The van der Waals surface area contributed by atoms with Crippen LogP contribution in [0.4, 0.5) is 0 Å². The molecular weight excluding hydrogens is 348 g/mol. The number of hydrogen-bond donors (Lipinski definition) is 1. The minimum Gasteiger partial charge on any atom is -0.282 e. The molecule has 0 saturated heterocycles. The van der Waals surface area contributed by atoms with Crippen molar-refractivity contribution < 1.29 is 13.0 Å². The average molecular weight is 379 g/mol. The number of hydrogen-bond acceptors (Lipinski definition) is 4. The molecule has 0 aliphatic heterocycles. The van der Waals surface area contributed by atoms with Gasteiger partial charge in [0.05, 0.1) is 23.0 Å². The lowest BCUT2D eigenvalue weighted by Gasteiger charge is -2.17. The van der Waals surface area contributed by atoms with Gasteiger partial charge in [-0.25, -0.2) is 9.98 Å². The predicted molar refractivity (Wildman–Crippen MR) is 105 cm³/mol. The van der Waals surface area contributed by atoms with E-state index in [4.69, 9.17) is 4.55 Å². The van der Waals surface area contributed by atoms with Gasteiger partial charge in [-0.2, -0.15) is 8.42 Å². The molecule has 1 N–H and O–H groups in total. The molecule has 2 fully saturated rings. The molecule has 1 aromatic carbocycles. The van der Waals surface area contributed by atoms with Crippen LogP contribution in [0, 0.1) is 6.92 Å². The summed E-state index contributed by atoms with van der Waals surface area (Å²) in [6.45, 7) is 1.84. The third kappa shape index (κ3) is 7.81. The van der Waals surface area contributed by atoms with Gasteiger partial charge in [-0.05, 0) is 44.7 Å². The highest BCUT2D eigenvalue weighted by Crippen LogP contribution is 2.21. The van der Waals surface area contributed by atoms with Crippen LogP contribution in [-0.4, -0.2) is 31.1 Å². The van der Waals surface area contributed by atoms with E-state index in [0.717, 1.165) is 5.56 Å². The molecule has 0 heterocycles. The van der Waals surface area contributed by atoms with Crippen molar-refractivity contribution in [3.8, 4) is 0 Å². The standard InChI is InChI=1S/C13H22N2.C7H8O3S/c1-3-7-12(8-4-1)14-11-15-13-9-5-2-6-10-13;1-6-2-4-7(5-3-6)11(8,9)10/h12-13H,1-10H2;2-5H,1H3,(H,8,9,10). The lowest BCUT2D eigenvalue weighted by Crippen LogP contribution is -2.10. The summed E-state index contributed by atoms with van der Waals surface area (Å²) < 4.78 is 29.6. The van der Waals surface area contributed by atoms with Gasteiger partial charge in [-0.15, -0.1) is 0 Å². The van der Waals surface area contributed by atoms with Crippen molar-refractivity contribution in [3.63, 3.8) is 0 Å². The summed E-state index contributed by atoms with van der Waals surface area (Å²) in [5.41, 5.74) is 0.956. The zero-order chi connectivity index (χ0) is 18.8. The van der Waals surface area contributed by atoms with Crippen molar-refractivity contribution in [2.24, 2.45) is 9.98 Å². The van der Waals surface area contributed by atoms with Crippen molar-refractivity contribution in [2.45, 2.75) is 88.1 Å². The number of aliphatic imine (C=N–C) groups is 2. The SMILES string of the molecule is C(=NC1CCCCC1)=NC1CCCCC1.Cc1ccc(S(=O)(=O)O)cc1. The van der Waals surface area contributed by atoms with E-state index in [-0.39, 0.29) is 4.90 Å². The smallest absolute Gasteiger partial charge is 0.282 e. The van der Waals surface area contributed by atoms with E-state index in [1.807, 2.05) is 6.92 Å². The maximum absolute atomic E-state index is 10.5. The summed E-state index contributed by atoms with van der Waals surface area (Å²) >= 11 is 0. The Balaban J connectivity index is 0.000000197. The summed E-state index contributed by atoms with van der Waals surface area (Å²) in [6, 6.07) is 10.0. The van der Waals surface area contributed by atoms with Crippen molar-refractivity contribution in [1.82, 2.24) is 0 Å². The van der Waals surface area contributed by atoms with Crippen molar-refractivity contribution in [3.05, 3.63) is 29.8 Å². The fourth-order valence-corrected chi connectivity index (χ4v) is 3.81. The fourth-order valence-electron chi connectivity index (χ4n) is 3.33. The number of rotatable bonds is 3. The van der Waals surface area contributed by atoms with E-state index in [2.05, 4.69) is 16.0 Å². The van der Waals surface area contributed by atoms with Crippen LogP contribution < -0.4 is 0 Å². The minimum absolute atomic E-state index is 0.0666. The van der Waals surface area contributed by atoms with E-state index in [1.54, 1.807) is 12.1 Å². The van der Waals surface area contributed by atoms with Gasteiger partial charge in [0.1, 0.15) is 0 Å². The highest BCUT2D eigenvalue weighted by Gasteiger charge is 2.12. The Kier molecular flexibility index (Phi) is 8.49. The molecule has 2 aliphatic rings. The molecule has 6 heteroatoms. The molecule has 0 bridgehead atoms. The third-order valence-corrected chi connectivity index (χ3v) is 5.82. The lowest BCUT2D eigenvalue weighted by molar-refractivity contribution is 0.438. The third-order valence-electron chi connectivity index (χ3n) is 4.95. The summed E-state index contributed by atoms with van der Waals surface area (Å²) in [7, 11) is -4.02. The van der Waals surface area contributed by atoms with Crippen LogP contribution in [0.1, 0.15) is 69.8 Å². The first-order chi connectivity index (χ1) is 12.4. The minimum atomic E-state index is -4.02. The van der Waals surface area contributed by atoms with Crippen LogP contribution in [-0.2, 0) is 10.1 Å². The lowest BCUT2D eigenvalue weighted by atomic mass is 9.96. The first-order valence-corrected chi connectivity index (χ1v) is 11.1. The fraction of sp³-hybridized carbons (Fsp3) is 0.650. The second kappa shape index (κ2) is 10.6. The Hall–Kier alpha value is -1.49. The monoisotopic (exact) mass is 378 g/mol. The topological polar surface area (TPSA) is 79.1 Å². The van der Waals surface area contributed by atoms with Gasteiger partial charge in [0.15, 0.2) is 0 Å². The van der Waals surface area contributed by atoms with Crippen LogP contribution >= 0.6 is 0 Å². The Morgan fingerprint density at radius 1 is 0.846 bits per heavy atom. The largest absolute Gasteiger partial charge is 0.294 e. The molecule has 144 valence electrons. The second-order valence-electron chi connectivity index (χ2n) is 7.23. The molecule has 0 amide bonds. The van der Waals surface area contributed by atoms with Crippen LogP contribution in [0.25, 0.3) is 0 Å². The van der Waals surface area contributed by atoms with Crippen LogP contribution in [0.2, 0.25) is 0 Å². The summed E-state index contributed by atoms with van der Waals surface area (Å²) in [6.07, 6.45) is 13.2. The quantitative estimate of drug-likeness (QED) is 0.589. The molecule has 2 saturated carbocycles. The van der Waals surface area contributed by atoms with Crippen molar-refractivity contribution in [2.75, 3.05) is 0 Å². The first-order valence-electron chi connectivity index (χ1n) is 9.64.